The van der Waals surface area contributed by atoms with Gasteiger partial charge in [0.05, 0.1) is 16.9 Å². The molecule has 1 fully saturated rings. The fraction of sp³-hybridized carbons (Fsp3) is 0.263. The smallest absolute Gasteiger partial charge is 0.250 e. The van der Waals surface area contributed by atoms with E-state index < -0.39 is 5.91 Å². The quantitative estimate of drug-likeness (QED) is 0.590. The summed E-state index contributed by atoms with van der Waals surface area (Å²) >= 11 is 0. The first-order chi connectivity index (χ1) is 12.1. The number of carbonyl (C=O) groups excluding carboxylic acids is 1. The van der Waals surface area contributed by atoms with Crippen LogP contribution in [0.3, 0.4) is 0 Å². The number of anilines is 1. The lowest BCUT2D eigenvalue weighted by atomic mass is 9.91. The zero-order chi connectivity index (χ0) is 17.8. The largest absolute Gasteiger partial charge is 0.398 e. The fourth-order valence-electron chi connectivity index (χ4n) is 3.10. The number of nitrogen functional groups attached to an aromatic ring is 1. The number of rotatable bonds is 4. The SMILES string of the molecule is NC(=O)c1cccc(C=Nc2ccc(C3CCCNC3)c(F)c2)c1N. The molecule has 1 aliphatic heterocycles. The van der Waals surface area contributed by atoms with Gasteiger partial charge in [0.25, 0.3) is 5.91 Å². The minimum absolute atomic E-state index is 0.203. The lowest BCUT2D eigenvalue weighted by Crippen LogP contribution is -2.28. The summed E-state index contributed by atoms with van der Waals surface area (Å²) in [6, 6.07) is 9.97. The molecule has 1 atom stereocenters. The number of hydrogen-bond donors (Lipinski definition) is 3. The van der Waals surface area contributed by atoms with Gasteiger partial charge in [0.1, 0.15) is 5.82 Å². The van der Waals surface area contributed by atoms with E-state index in [1.54, 1.807) is 30.3 Å². The van der Waals surface area contributed by atoms with Crippen molar-refractivity contribution in [1.82, 2.24) is 5.32 Å². The third kappa shape index (κ3) is 3.85. The molecule has 0 aromatic heterocycles. The first kappa shape index (κ1) is 17.1. The Bertz CT molecular complexity index is 813. The van der Waals surface area contributed by atoms with Crippen LogP contribution in [0.25, 0.3) is 0 Å². The molecule has 0 bridgehead atoms. The number of hydrogen-bond acceptors (Lipinski definition) is 4. The molecule has 1 unspecified atom stereocenters. The summed E-state index contributed by atoms with van der Waals surface area (Å²) in [5, 5.41) is 3.29. The third-order valence-corrected chi connectivity index (χ3v) is 4.48. The van der Waals surface area contributed by atoms with Crippen molar-refractivity contribution < 1.29 is 9.18 Å². The van der Waals surface area contributed by atoms with Crippen LogP contribution in [-0.4, -0.2) is 25.2 Å². The minimum Gasteiger partial charge on any atom is -0.398 e. The van der Waals surface area contributed by atoms with Crippen LogP contribution in [0.1, 0.15) is 40.2 Å². The normalized spacial score (nSPS) is 17.7. The number of nitrogens with two attached hydrogens (primary N) is 2. The standard InChI is InChI=1S/C19H21FN4O/c20-17-9-14(6-7-15(17)12-4-2-8-23-10-12)24-11-13-3-1-5-16(18(13)21)19(22)25/h1,3,5-7,9,11-12,23H,2,4,8,10,21H2,(H2,22,25). The van der Waals surface area contributed by atoms with Crippen molar-refractivity contribution in [2.24, 2.45) is 10.7 Å². The summed E-state index contributed by atoms with van der Waals surface area (Å²) in [5.41, 5.74) is 13.5. The zero-order valence-electron chi connectivity index (χ0n) is 13.8. The van der Waals surface area contributed by atoms with Crippen molar-refractivity contribution in [2.45, 2.75) is 18.8 Å². The zero-order valence-corrected chi connectivity index (χ0v) is 13.8. The van der Waals surface area contributed by atoms with Gasteiger partial charge in [-0.05, 0) is 49.1 Å². The molecule has 3 rings (SSSR count). The van der Waals surface area contributed by atoms with E-state index in [1.165, 1.54) is 12.3 Å². The van der Waals surface area contributed by atoms with Crippen molar-refractivity contribution in [3.63, 3.8) is 0 Å². The average Bonchev–Trinajstić information content (AvgIpc) is 2.61. The molecular formula is C19H21FN4O. The van der Waals surface area contributed by atoms with Gasteiger partial charge in [0.15, 0.2) is 0 Å². The molecule has 2 aromatic rings. The molecule has 2 aromatic carbocycles. The number of nitrogens with zero attached hydrogens (tertiary/aromatic N) is 1. The van der Waals surface area contributed by atoms with Gasteiger partial charge < -0.3 is 16.8 Å². The van der Waals surface area contributed by atoms with Crippen molar-refractivity contribution in [3.8, 4) is 0 Å². The Hall–Kier alpha value is -2.73. The average molecular weight is 340 g/mol. The highest BCUT2D eigenvalue weighted by Crippen LogP contribution is 2.28. The lowest BCUT2D eigenvalue weighted by Gasteiger charge is -2.23. The van der Waals surface area contributed by atoms with E-state index in [0.29, 0.717) is 11.3 Å². The summed E-state index contributed by atoms with van der Waals surface area (Å²) in [6.45, 7) is 1.79. The van der Waals surface area contributed by atoms with Gasteiger partial charge in [-0.2, -0.15) is 0 Å². The van der Waals surface area contributed by atoms with Gasteiger partial charge >= 0.3 is 0 Å². The van der Waals surface area contributed by atoms with Crippen molar-refractivity contribution >= 4 is 23.5 Å². The molecule has 0 radical (unpaired) electrons. The molecule has 0 spiro atoms. The molecule has 5 N–H and O–H groups in total. The summed E-state index contributed by atoms with van der Waals surface area (Å²) in [7, 11) is 0. The Labute approximate surface area is 145 Å². The van der Waals surface area contributed by atoms with E-state index >= 15 is 0 Å². The molecular weight excluding hydrogens is 319 g/mol. The number of halogens is 1. The summed E-state index contributed by atoms with van der Waals surface area (Å²) in [6.07, 6.45) is 3.56. The number of primary amides is 1. The van der Waals surface area contributed by atoms with Crippen LogP contribution in [0.2, 0.25) is 0 Å². The third-order valence-electron chi connectivity index (χ3n) is 4.48. The Morgan fingerprint density at radius 2 is 2.16 bits per heavy atom. The second-order valence-corrected chi connectivity index (χ2v) is 6.18. The van der Waals surface area contributed by atoms with Gasteiger partial charge in [0.2, 0.25) is 0 Å². The molecule has 5 nitrogen and oxygen atoms in total. The number of para-hydroxylation sites is 1. The topological polar surface area (TPSA) is 93.5 Å². The van der Waals surface area contributed by atoms with Crippen molar-refractivity contribution in [1.29, 1.82) is 0 Å². The number of piperidine rings is 1. The lowest BCUT2D eigenvalue weighted by molar-refractivity contribution is 0.100. The van der Waals surface area contributed by atoms with Crippen LogP contribution in [-0.2, 0) is 0 Å². The first-order valence-corrected chi connectivity index (χ1v) is 8.29. The maximum Gasteiger partial charge on any atom is 0.250 e. The van der Waals surface area contributed by atoms with Gasteiger partial charge in [-0.15, -0.1) is 0 Å². The van der Waals surface area contributed by atoms with E-state index in [0.717, 1.165) is 31.5 Å². The molecule has 25 heavy (non-hydrogen) atoms. The van der Waals surface area contributed by atoms with Gasteiger partial charge in [-0.25, -0.2) is 4.39 Å². The van der Waals surface area contributed by atoms with Crippen LogP contribution in [0.15, 0.2) is 41.4 Å². The van der Waals surface area contributed by atoms with E-state index in [9.17, 15) is 9.18 Å². The predicted octanol–water partition coefficient (Wildman–Crippen LogP) is 2.72. The molecule has 1 heterocycles. The van der Waals surface area contributed by atoms with Crippen molar-refractivity contribution in [2.75, 3.05) is 18.8 Å². The van der Waals surface area contributed by atoms with Crippen LogP contribution >= 0.6 is 0 Å². The van der Waals surface area contributed by atoms with Crippen LogP contribution in [0.4, 0.5) is 15.8 Å². The highest BCUT2D eigenvalue weighted by atomic mass is 19.1. The maximum absolute atomic E-state index is 14.4. The summed E-state index contributed by atoms with van der Waals surface area (Å²) < 4.78 is 14.4. The molecule has 1 saturated heterocycles. The number of amides is 1. The highest BCUT2D eigenvalue weighted by molar-refractivity contribution is 6.02. The molecule has 0 aliphatic carbocycles. The molecule has 6 heteroatoms. The number of nitrogens with one attached hydrogen (secondary N) is 1. The molecule has 130 valence electrons. The van der Waals surface area contributed by atoms with Gasteiger partial charge in [-0.3, -0.25) is 9.79 Å². The van der Waals surface area contributed by atoms with Crippen LogP contribution < -0.4 is 16.8 Å². The summed E-state index contributed by atoms with van der Waals surface area (Å²) in [4.78, 5) is 15.6. The van der Waals surface area contributed by atoms with Crippen LogP contribution in [0, 0.1) is 5.82 Å². The monoisotopic (exact) mass is 340 g/mol. The van der Waals surface area contributed by atoms with Gasteiger partial charge in [0, 0.05) is 18.3 Å². The fourth-order valence-corrected chi connectivity index (χ4v) is 3.10. The summed E-state index contributed by atoms with van der Waals surface area (Å²) in [5.74, 6) is -0.638. The van der Waals surface area contributed by atoms with Crippen molar-refractivity contribution in [3.05, 3.63) is 58.9 Å². The second-order valence-electron chi connectivity index (χ2n) is 6.18. The Kier molecular flexibility index (Phi) is 5.09. The first-order valence-electron chi connectivity index (χ1n) is 8.29. The Balaban J connectivity index is 1.81. The molecule has 1 amide bonds. The number of carbonyl (C=O) groups is 1. The van der Waals surface area contributed by atoms with E-state index in [4.69, 9.17) is 11.5 Å². The number of benzene rings is 2. The maximum atomic E-state index is 14.4. The van der Waals surface area contributed by atoms with E-state index in [-0.39, 0.29) is 23.0 Å². The highest BCUT2D eigenvalue weighted by Gasteiger charge is 2.18. The second kappa shape index (κ2) is 7.44. The predicted molar refractivity (Wildman–Crippen MR) is 97.9 cm³/mol. The van der Waals surface area contributed by atoms with Gasteiger partial charge in [-0.1, -0.05) is 18.2 Å². The molecule has 0 saturated carbocycles. The Morgan fingerprint density at radius 3 is 2.84 bits per heavy atom. The minimum atomic E-state index is -0.593. The Morgan fingerprint density at radius 1 is 1.32 bits per heavy atom. The van der Waals surface area contributed by atoms with E-state index in [1.807, 2.05) is 0 Å². The molecule has 1 aliphatic rings. The number of aliphatic imine (C=N–C) groups is 1. The van der Waals surface area contributed by atoms with Crippen LogP contribution in [0.5, 0.6) is 0 Å². The van der Waals surface area contributed by atoms with E-state index in [2.05, 4.69) is 10.3 Å².